The molecule has 3 rings (SSSR count). The number of guanidine groups is 1. The Bertz CT molecular complexity index is 967. The molecular weight excluding hydrogens is 523 g/mol. The van der Waals surface area contributed by atoms with E-state index < -0.39 is 10.0 Å². The minimum atomic E-state index is -3.45. The van der Waals surface area contributed by atoms with E-state index in [2.05, 4.69) is 57.2 Å². The number of halogens is 1. The van der Waals surface area contributed by atoms with Gasteiger partial charge in [-0.2, -0.15) is 0 Å². The van der Waals surface area contributed by atoms with Crippen LogP contribution in [0.15, 0.2) is 64.5 Å². The van der Waals surface area contributed by atoms with Gasteiger partial charge in [0.2, 0.25) is 10.0 Å². The molecule has 0 amide bonds. The molecule has 2 atom stereocenters. The number of likely N-dealkylation sites (tertiary alicyclic amines) is 1. The highest BCUT2D eigenvalue weighted by Gasteiger charge is 2.30. The van der Waals surface area contributed by atoms with Gasteiger partial charge in [0.05, 0.1) is 4.90 Å². The van der Waals surface area contributed by atoms with Gasteiger partial charge in [-0.1, -0.05) is 55.8 Å². The molecule has 31 heavy (non-hydrogen) atoms. The second kappa shape index (κ2) is 11.8. The van der Waals surface area contributed by atoms with E-state index in [1.165, 1.54) is 12.6 Å². The Balaban J connectivity index is 0.00000341. The van der Waals surface area contributed by atoms with Gasteiger partial charge in [0.15, 0.2) is 5.96 Å². The standard InChI is InChI=1S/C23H32N4O2S.HI/c1-4-19-17-27(14-13-22(19)20-10-6-5-7-11-20)23(24-2)26-16-18-9-8-12-21(15-18)30(28,29)25-3;/h5-12,15,19,22,25H,4,13-14,16-17H2,1-3H3,(H,24,26);1H. The van der Waals surface area contributed by atoms with Crippen molar-refractivity contribution in [1.82, 2.24) is 14.9 Å². The monoisotopic (exact) mass is 556 g/mol. The maximum Gasteiger partial charge on any atom is 0.240 e. The Morgan fingerprint density at radius 1 is 1.16 bits per heavy atom. The lowest BCUT2D eigenvalue weighted by atomic mass is 9.79. The summed E-state index contributed by atoms with van der Waals surface area (Å²) in [6, 6.07) is 17.8. The molecule has 0 radical (unpaired) electrons. The van der Waals surface area contributed by atoms with Crippen LogP contribution in [0.5, 0.6) is 0 Å². The highest BCUT2D eigenvalue weighted by molar-refractivity contribution is 14.0. The highest BCUT2D eigenvalue weighted by atomic mass is 127. The zero-order valence-electron chi connectivity index (χ0n) is 18.4. The predicted molar refractivity (Wildman–Crippen MR) is 137 cm³/mol. The molecule has 0 spiro atoms. The summed E-state index contributed by atoms with van der Waals surface area (Å²) in [6.07, 6.45) is 2.22. The van der Waals surface area contributed by atoms with Crippen LogP contribution in [-0.2, 0) is 16.6 Å². The van der Waals surface area contributed by atoms with E-state index in [4.69, 9.17) is 0 Å². The summed E-state index contributed by atoms with van der Waals surface area (Å²) in [5, 5.41) is 3.41. The highest BCUT2D eigenvalue weighted by Crippen LogP contribution is 2.34. The third-order valence-corrected chi connectivity index (χ3v) is 7.34. The van der Waals surface area contributed by atoms with Crippen LogP contribution in [0, 0.1) is 5.92 Å². The summed E-state index contributed by atoms with van der Waals surface area (Å²) in [4.78, 5) is 7.07. The second-order valence-electron chi connectivity index (χ2n) is 7.68. The molecule has 6 nitrogen and oxygen atoms in total. The Hall–Kier alpha value is -1.65. The lowest BCUT2D eigenvalue weighted by molar-refractivity contribution is 0.215. The van der Waals surface area contributed by atoms with Crippen LogP contribution < -0.4 is 10.0 Å². The number of hydrogen-bond donors (Lipinski definition) is 2. The molecule has 1 heterocycles. The normalized spacial score (nSPS) is 19.6. The van der Waals surface area contributed by atoms with Crippen molar-refractivity contribution in [3.8, 4) is 0 Å². The summed E-state index contributed by atoms with van der Waals surface area (Å²) in [5.41, 5.74) is 2.33. The van der Waals surface area contributed by atoms with E-state index in [1.807, 2.05) is 6.07 Å². The lowest BCUT2D eigenvalue weighted by Gasteiger charge is -2.40. The molecule has 0 bridgehead atoms. The summed E-state index contributed by atoms with van der Waals surface area (Å²) in [5.74, 6) is 2.01. The third kappa shape index (κ3) is 6.43. The van der Waals surface area contributed by atoms with Crippen molar-refractivity contribution < 1.29 is 8.42 Å². The molecule has 8 heteroatoms. The van der Waals surface area contributed by atoms with Crippen LogP contribution in [0.3, 0.4) is 0 Å². The number of nitrogens with zero attached hydrogens (tertiary/aromatic N) is 2. The van der Waals surface area contributed by atoms with Crippen molar-refractivity contribution in [1.29, 1.82) is 0 Å². The molecule has 170 valence electrons. The maximum absolute atomic E-state index is 12.0. The second-order valence-corrected chi connectivity index (χ2v) is 9.56. The van der Waals surface area contributed by atoms with Gasteiger partial charge in [-0.05, 0) is 48.6 Å². The first kappa shape index (κ1) is 25.6. The largest absolute Gasteiger partial charge is 0.352 e. The van der Waals surface area contributed by atoms with Crippen molar-refractivity contribution in [3.63, 3.8) is 0 Å². The Labute approximate surface area is 203 Å². The van der Waals surface area contributed by atoms with Gasteiger partial charge >= 0.3 is 0 Å². The molecule has 0 aliphatic carbocycles. The van der Waals surface area contributed by atoms with Gasteiger partial charge in [-0.25, -0.2) is 13.1 Å². The van der Waals surface area contributed by atoms with Gasteiger partial charge in [0, 0.05) is 26.7 Å². The van der Waals surface area contributed by atoms with Gasteiger partial charge in [-0.15, -0.1) is 24.0 Å². The Kier molecular flexibility index (Phi) is 9.77. The van der Waals surface area contributed by atoms with Crippen LogP contribution in [0.2, 0.25) is 0 Å². The van der Waals surface area contributed by atoms with Gasteiger partial charge in [0.1, 0.15) is 0 Å². The number of rotatable bonds is 6. The molecule has 2 aromatic carbocycles. The molecule has 2 unspecified atom stereocenters. The fourth-order valence-electron chi connectivity index (χ4n) is 4.23. The number of aliphatic imine (C=N–C) groups is 1. The third-order valence-electron chi connectivity index (χ3n) is 5.93. The summed E-state index contributed by atoms with van der Waals surface area (Å²) in [6.45, 7) is 4.69. The van der Waals surface area contributed by atoms with E-state index in [-0.39, 0.29) is 28.9 Å². The Morgan fingerprint density at radius 3 is 2.55 bits per heavy atom. The van der Waals surface area contributed by atoms with Crippen molar-refractivity contribution in [2.24, 2.45) is 10.9 Å². The minimum Gasteiger partial charge on any atom is -0.352 e. The number of benzene rings is 2. The van der Waals surface area contributed by atoms with Crippen LogP contribution in [0.25, 0.3) is 0 Å². The summed E-state index contributed by atoms with van der Waals surface area (Å²) in [7, 11) is -0.225. The Morgan fingerprint density at radius 2 is 1.90 bits per heavy atom. The number of hydrogen-bond acceptors (Lipinski definition) is 3. The average Bonchev–Trinajstić information content (AvgIpc) is 2.80. The van der Waals surface area contributed by atoms with E-state index in [9.17, 15) is 8.42 Å². The van der Waals surface area contributed by atoms with E-state index in [0.717, 1.165) is 37.5 Å². The van der Waals surface area contributed by atoms with E-state index >= 15 is 0 Å². The van der Waals surface area contributed by atoms with Crippen molar-refractivity contribution in [2.45, 2.75) is 37.1 Å². The maximum atomic E-state index is 12.0. The SMILES string of the molecule is CCC1CN(C(=NC)NCc2cccc(S(=O)(=O)NC)c2)CCC1c1ccccc1.I. The molecule has 1 aliphatic rings. The first-order chi connectivity index (χ1) is 14.5. The molecule has 1 saturated heterocycles. The molecular formula is C23H33IN4O2S. The van der Waals surface area contributed by atoms with Gasteiger partial charge in [0.25, 0.3) is 0 Å². The lowest BCUT2D eigenvalue weighted by Crippen LogP contribution is -2.48. The molecule has 2 aromatic rings. The van der Waals surface area contributed by atoms with E-state index in [1.54, 1.807) is 25.2 Å². The molecule has 0 aromatic heterocycles. The first-order valence-electron chi connectivity index (χ1n) is 10.5. The van der Waals surface area contributed by atoms with Gasteiger partial charge in [-0.3, -0.25) is 4.99 Å². The fraction of sp³-hybridized carbons (Fsp3) is 0.435. The smallest absolute Gasteiger partial charge is 0.240 e. The number of piperidine rings is 1. The summed E-state index contributed by atoms with van der Waals surface area (Å²) >= 11 is 0. The number of nitrogens with one attached hydrogen (secondary N) is 2. The molecule has 1 aliphatic heterocycles. The predicted octanol–water partition coefficient (Wildman–Crippen LogP) is 3.80. The zero-order chi connectivity index (χ0) is 21.6. The number of sulfonamides is 1. The topological polar surface area (TPSA) is 73.8 Å². The van der Waals surface area contributed by atoms with Crippen LogP contribution in [-0.4, -0.2) is 46.5 Å². The van der Waals surface area contributed by atoms with Crippen molar-refractivity contribution in [2.75, 3.05) is 27.2 Å². The van der Waals surface area contributed by atoms with Crippen molar-refractivity contribution >= 4 is 40.0 Å². The minimum absolute atomic E-state index is 0. The quantitative estimate of drug-likeness (QED) is 0.323. The zero-order valence-corrected chi connectivity index (χ0v) is 21.6. The van der Waals surface area contributed by atoms with Crippen LogP contribution in [0.1, 0.15) is 36.8 Å². The molecule has 0 saturated carbocycles. The van der Waals surface area contributed by atoms with Crippen LogP contribution in [0.4, 0.5) is 0 Å². The van der Waals surface area contributed by atoms with E-state index in [0.29, 0.717) is 18.4 Å². The van der Waals surface area contributed by atoms with Crippen LogP contribution >= 0.6 is 24.0 Å². The molecule has 1 fully saturated rings. The molecule has 2 N–H and O–H groups in total. The average molecular weight is 557 g/mol. The van der Waals surface area contributed by atoms with Crippen molar-refractivity contribution in [3.05, 3.63) is 65.7 Å². The summed E-state index contributed by atoms with van der Waals surface area (Å²) < 4.78 is 26.5. The first-order valence-corrected chi connectivity index (χ1v) is 12.0. The van der Waals surface area contributed by atoms with Gasteiger partial charge < -0.3 is 10.2 Å². The fourth-order valence-corrected chi connectivity index (χ4v) is 5.03.